The summed E-state index contributed by atoms with van der Waals surface area (Å²) in [6.07, 6.45) is 2.99. The van der Waals surface area contributed by atoms with E-state index >= 15 is 0 Å². The summed E-state index contributed by atoms with van der Waals surface area (Å²) >= 11 is 0. The second-order valence-electron chi connectivity index (χ2n) is 5.75. The molecule has 1 atom stereocenters. The number of benzene rings is 1. The first kappa shape index (κ1) is 15.5. The Morgan fingerprint density at radius 2 is 2.05 bits per heavy atom. The van der Waals surface area contributed by atoms with Crippen LogP contribution in [0, 0.1) is 5.41 Å². The van der Waals surface area contributed by atoms with Crippen LogP contribution in [-0.4, -0.2) is 24.9 Å². The Morgan fingerprint density at radius 3 is 2.57 bits per heavy atom. The fourth-order valence-electron chi connectivity index (χ4n) is 2.91. The van der Waals surface area contributed by atoms with Gasteiger partial charge < -0.3 is 16.4 Å². The highest BCUT2D eigenvalue weighted by Gasteiger charge is 2.40. The third kappa shape index (κ3) is 3.82. The van der Waals surface area contributed by atoms with Crippen LogP contribution in [0.25, 0.3) is 0 Å². The highest BCUT2D eigenvalue weighted by atomic mass is 16.2. The number of carbonyl (C=O) groups excluding carboxylic acids is 2. The van der Waals surface area contributed by atoms with Crippen molar-refractivity contribution in [2.24, 2.45) is 11.1 Å². The van der Waals surface area contributed by atoms with Crippen molar-refractivity contribution in [3.05, 3.63) is 29.8 Å². The minimum absolute atomic E-state index is 0.0806. The molecule has 2 amide bonds. The molecule has 1 fully saturated rings. The van der Waals surface area contributed by atoms with Crippen LogP contribution in [0.1, 0.15) is 31.7 Å². The molecule has 0 bridgehead atoms. The fraction of sp³-hybridized carbons (Fsp3) is 0.500. The Hall–Kier alpha value is -1.88. The third-order valence-corrected chi connectivity index (χ3v) is 4.04. The second kappa shape index (κ2) is 6.72. The molecule has 0 spiro atoms. The molecular formula is C16H23N3O2. The van der Waals surface area contributed by atoms with E-state index in [0.717, 1.165) is 43.6 Å². The molecule has 1 unspecified atom stereocenters. The van der Waals surface area contributed by atoms with Crippen molar-refractivity contribution in [2.75, 3.05) is 18.4 Å². The number of anilines is 1. The van der Waals surface area contributed by atoms with E-state index in [-0.39, 0.29) is 23.7 Å². The fourth-order valence-corrected chi connectivity index (χ4v) is 2.91. The molecular weight excluding hydrogens is 266 g/mol. The average Bonchev–Trinajstić information content (AvgIpc) is 2.91. The predicted molar refractivity (Wildman–Crippen MR) is 82.8 cm³/mol. The number of amides is 2. The van der Waals surface area contributed by atoms with Crippen molar-refractivity contribution in [3.63, 3.8) is 0 Å². The number of nitrogens with one attached hydrogen (secondary N) is 2. The van der Waals surface area contributed by atoms with Crippen LogP contribution >= 0.6 is 0 Å². The van der Waals surface area contributed by atoms with Gasteiger partial charge in [0.05, 0.1) is 11.8 Å². The first-order valence-corrected chi connectivity index (χ1v) is 7.45. The van der Waals surface area contributed by atoms with E-state index < -0.39 is 0 Å². The van der Waals surface area contributed by atoms with Crippen LogP contribution in [0.5, 0.6) is 0 Å². The molecule has 0 radical (unpaired) electrons. The number of carbonyl (C=O) groups is 2. The van der Waals surface area contributed by atoms with Gasteiger partial charge in [0.15, 0.2) is 0 Å². The summed E-state index contributed by atoms with van der Waals surface area (Å²) in [4.78, 5) is 23.4. The second-order valence-corrected chi connectivity index (χ2v) is 5.75. The minimum Gasteiger partial charge on any atom is -0.369 e. The van der Waals surface area contributed by atoms with E-state index in [4.69, 9.17) is 5.73 Å². The zero-order valence-electron chi connectivity index (χ0n) is 12.4. The molecule has 5 heteroatoms. The van der Waals surface area contributed by atoms with Crippen LogP contribution in [0.2, 0.25) is 0 Å². The Balaban J connectivity index is 2.03. The van der Waals surface area contributed by atoms with Crippen molar-refractivity contribution in [3.8, 4) is 0 Å². The lowest BCUT2D eigenvalue weighted by Gasteiger charge is -2.26. The molecule has 0 aromatic heterocycles. The van der Waals surface area contributed by atoms with Gasteiger partial charge in [0.25, 0.3) is 0 Å². The quantitative estimate of drug-likeness (QED) is 0.740. The van der Waals surface area contributed by atoms with E-state index in [0.29, 0.717) is 0 Å². The van der Waals surface area contributed by atoms with E-state index in [9.17, 15) is 9.59 Å². The maximum absolute atomic E-state index is 12.6. The molecule has 0 saturated carbocycles. The maximum Gasteiger partial charge on any atom is 0.231 e. The number of hydrogen-bond acceptors (Lipinski definition) is 3. The van der Waals surface area contributed by atoms with Crippen molar-refractivity contribution in [2.45, 2.75) is 32.6 Å². The van der Waals surface area contributed by atoms with E-state index in [1.807, 2.05) is 24.3 Å². The van der Waals surface area contributed by atoms with Gasteiger partial charge in [-0.25, -0.2) is 0 Å². The van der Waals surface area contributed by atoms with E-state index in [2.05, 4.69) is 17.6 Å². The lowest BCUT2D eigenvalue weighted by Crippen LogP contribution is -2.38. The minimum atomic E-state index is -0.356. The summed E-state index contributed by atoms with van der Waals surface area (Å²) < 4.78 is 0. The molecule has 5 nitrogen and oxygen atoms in total. The summed E-state index contributed by atoms with van der Waals surface area (Å²) in [5.74, 6) is -0.275. The monoisotopic (exact) mass is 289 g/mol. The molecule has 1 aliphatic rings. The molecule has 0 aliphatic carbocycles. The Morgan fingerprint density at radius 1 is 1.33 bits per heavy atom. The Bertz CT molecular complexity index is 505. The third-order valence-electron chi connectivity index (χ3n) is 4.04. The normalized spacial score (nSPS) is 21.2. The molecule has 4 N–H and O–H groups in total. The maximum atomic E-state index is 12.6. The highest BCUT2D eigenvalue weighted by Crippen LogP contribution is 2.32. The molecule has 2 rings (SSSR count). The summed E-state index contributed by atoms with van der Waals surface area (Å²) in [7, 11) is 0. The van der Waals surface area contributed by atoms with Crippen molar-refractivity contribution < 1.29 is 9.59 Å². The van der Waals surface area contributed by atoms with Gasteiger partial charge in [0, 0.05) is 12.2 Å². The summed E-state index contributed by atoms with van der Waals surface area (Å²) in [6, 6.07) is 7.27. The number of nitrogens with two attached hydrogens (primary N) is 1. The lowest BCUT2D eigenvalue weighted by atomic mass is 9.81. The summed E-state index contributed by atoms with van der Waals surface area (Å²) in [6.45, 7) is 3.74. The van der Waals surface area contributed by atoms with Crippen molar-refractivity contribution in [1.29, 1.82) is 0 Å². The molecule has 1 heterocycles. The van der Waals surface area contributed by atoms with Crippen LogP contribution in [0.15, 0.2) is 24.3 Å². The van der Waals surface area contributed by atoms with Gasteiger partial charge in [0.2, 0.25) is 11.8 Å². The van der Waals surface area contributed by atoms with E-state index in [1.165, 1.54) is 0 Å². The predicted octanol–water partition coefficient (Wildman–Crippen LogP) is 1.43. The van der Waals surface area contributed by atoms with Gasteiger partial charge in [-0.3, -0.25) is 9.59 Å². The molecule has 1 aromatic carbocycles. The van der Waals surface area contributed by atoms with Crippen LogP contribution in [0.3, 0.4) is 0 Å². The first-order chi connectivity index (χ1) is 10.1. The SMILES string of the molecule is CCCC1(C(=O)Nc2ccc(CC(N)=O)cc2)CCNC1. The standard InChI is InChI=1S/C16H23N3O2/c1-2-7-16(8-9-18-11-16)15(21)19-13-5-3-12(4-6-13)10-14(17)20/h3-6,18H,2,7-11H2,1H3,(H2,17,20)(H,19,21). The average molecular weight is 289 g/mol. The number of hydrogen-bond donors (Lipinski definition) is 3. The van der Waals surface area contributed by atoms with Crippen LogP contribution < -0.4 is 16.4 Å². The van der Waals surface area contributed by atoms with E-state index in [1.54, 1.807) is 0 Å². The van der Waals surface area contributed by atoms with Crippen LogP contribution in [0.4, 0.5) is 5.69 Å². The van der Waals surface area contributed by atoms with Crippen molar-refractivity contribution in [1.82, 2.24) is 5.32 Å². The largest absolute Gasteiger partial charge is 0.369 e. The summed E-state index contributed by atoms with van der Waals surface area (Å²) in [5, 5.41) is 6.28. The topological polar surface area (TPSA) is 84.2 Å². The number of rotatable bonds is 6. The Labute approximate surface area is 125 Å². The zero-order chi connectivity index (χ0) is 15.3. The highest BCUT2D eigenvalue weighted by molar-refractivity contribution is 5.95. The van der Waals surface area contributed by atoms with Crippen LogP contribution in [-0.2, 0) is 16.0 Å². The van der Waals surface area contributed by atoms with Gasteiger partial charge in [-0.05, 0) is 37.1 Å². The van der Waals surface area contributed by atoms with Gasteiger partial charge in [0.1, 0.15) is 0 Å². The first-order valence-electron chi connectivity index (χ1n) is 7.45. The van der Waals surface area contributed by atoms with Gasteiger partial charge in [-0.2, -0.15) is 0 Å². The molecule has 1 aromatic rings. The molecule has 1 saturated heterocycles. The molecule has 114 valence electrons. The lowest BCUT2D eigenvalue weighted by molar-refractivity contribution is -0.125. The van der Waals surface area contributed by atoms with Crippen molar-refractivity contribution >= 4 is 17.5 Å². The van der Waals surface area contributed by atoms with Gasteiger partial charge >= 0.3 is 0 Å². The smallest absolute Gasteiger partial charge is 0.231 e. The number of primary amides is 1. The van der Waals surface area contributed by atoms with Gasteiger partial charge in [-0.15, -0.1) is 0 Å². The summed E-state index contributed by atoms with van der Waals surface area (Å²) in [5.41, 5.74) is 6.48. The zero-order valence-corrected chi connectivity index (χ0v) is 12.4. The molecule has 1 aliphatic heterocycles. The molecule has 21 heavy (non-hydrogen) atoms. The van der Waals surface area contributed by atoms with Gasteiger partial charge in [-0.1, -0.05) is 25.5 Å². The Kier molecular flexibility index (Phi) is 4.96.